The Morgan fingerprint density at radius 2 is 2.20 bits per heavy atom. The van der Waals surface area contributed by atoms with Crippen molar-refractivity contribution in [2.45, 2.75) is 6.54 Å². The van der Waals surface area contributed by atoms with Crippen molar-refractivity contribution < 1.29 is 9.13 Å². The molecule has 0 radical (unpaired) electrons. The van der Waals surface area contributed by atoms with Crippen LogP contribution >= 0.6 is 15.9 Å². The van der Waals surface area contributed by atoms with Gasteiger partial charge in [-0.1, -0.05) is 6.07 Å². The van der Waals surface area contributed by atoms with E-state index in [9.17, 15) is 9.18 Å². The molecule has 0 aliphatic heterocycles. The Morgan fingerprint density at radius 1 is 1.40 bits per heavy atom. The van der Waals surface area contributed by atoms with E-state index < -0.39 is 0 Å². The van der Waals surface area contributed by atoms with Crippen LogP contribution < -0.4 is 16.0 Å². The van der Waals surface area contributed by atoms with Gasteiger partial charge in [0.2, 0.25) is 0 Å². The number of nitrogens with zero attached hydrogens (tertiary/aromatic N) is 2. The van der Waals surface area contributed by atoms with Crippen molar-refractivity contribution in [3.05, 3.63) is 56.7 Å². The number of halogens is 2. The fourth-order valence-electron chi connectivity index (χ4n) is 1.60. The molecule has 106 valence electrons. The van der Waals surface area contributed by atoms with Crippen molar-refractivity contribution in [2.75, 3.05) is 13.2 Å². The van der Waals surface area contributed by atoms with E-state index in [0.29, 0.717) is 23.4 Å². The largest absolute Gasteiger partial charge is 0.490 e. The van der Waals surface area contributed by atoms with Gasteiger partial charge in [-0.2, -0.15) is 5.10 Å². The van der Waals surface area contributed by atoms with Crippen LogP contribution in [0, 0.1) is 5.82 Å². The van der Waals surface area contributed by atoms with Crippen LogP contribution in [-0.2, 0) is 6.54 Å². The number of hydrogen-bond donors (Lipinski definition) is 1. The van der Waals surface area contributed by atoms with Gasteiger partial charge >= 0.3 is 0 Å². The first-order chi connectivity index (χ1) is 9.60. The number of nitrogens with two attached hydrogens (primary N) is 1. The van der Waals surface area contributed by atoms with Crippen molar-refractivity contribution in [2.24, 2.45) is 5.73 Å². The summed E-state index contributed by atoms with van der Waals surface area (Å²) in [4.78, 5) is 11.9. The maximum absolute atomic E-state index is 13.1. The highest BCUT2D eigenvalue weighted by atomic mass is 79.9. The zero-order valence-electron chi connectivity index (χ0n) is 10.6. The minimum atomic E-state index is -0.348. The Morgan fingerprint density at radius 3 is 2.85 bits per heavy atom. The first-order valence-electron chi connectivity index (χ1n) is 5.94. The zero-order chi connectivity index (χ0) is 14.5. The molecule has 5 nitrogen and oxygen atoms in total. The normalized spacial score (nSPS) is 10.6. The van der Waals surface area contributed by atoms with Crippen molar-refractivity contribution in [1.82, 2.24) is 9.78 Å². The minimum Gasteiger partial charge on any atom is -0.490 e. The lowest BCUT2D eigenvalue weighted by molar-refractivity contribution is 0.324. The number of benzene rings is 1. The van der Waals surface area contributed by atoms with E-state index in [2.05, 4.69) is 21.0 Å². The summed E-state index contributed by atoms with van der Waals surface area (Å²) in [6.07, 6.45) is 1.45. The van der Waals surface area contributed by atoms with Crippen molar-refractivity contribution in [3.8, 4) is 5.75 Å². The number of ether oxygens (including phenoxy) is 1. The molecule has 1 aromatic carbocycles. The maximum Gasteiger partial charge on any atom is 0.270 e. The van der Waals surface area contributed by atoms with E-state index >= 15 is 0 Å². The van der Waals surface area contributed by atoms with Crippen LogP contribution in [0.15, 0.2) is 39.7 Å². The molecular weight excluding hydrogens is 329 g/mol. The lowest BCUT2D eigenvalue weighted by Crippen LogP contribution is -2.23. The number of aromatic nitrogens is 2. The van der Waals surface area contributed by atoms with Gasteiger partial charge in [0.05, 0.1) is 17.2 Å². The van der Waals surface area contributed by atoms with Gasteiger partial charge in [-0.15, -0.1) is 0 Å². The summed E-state index contributed by atoms with van der Waals surface area (Å²) in [7, 11) is 0. The lowest BCUT2D eigenvalue weighted by Gasteiger charge is -2.07. The van der Waals surface area contributed by atoms with Gasteiger partial charge < -0.3 is 10.5 Å². The first kappa shape index (κ1) is 14.7. The average Bonchev–Trinajstić information content (AvgIpc) is 2.43. The van der Waals surface area contributed by atoms with Crippen LogP contribution in [0.1, 0.15) is 5.56 Å². The Bertz CT molecular complexity index is 660. The molecule has 20 heavy (non-hydrogen) atoms. The average molecular weight is 342 g/mol. The monoisotopic (exact) mass is 341 g/mol. The summed E-state index contributed by atoms with van der Waals surface area (Å²) in [5.74, 6) is 0.0385. The number of hydrogen-bond acceptors (Lipinski definition) is 4. The van der Waals surface area contributed by atoms with Gasteiger partial charge in [0.15, 0.2) is 0 Å². The number of rotatable bonds is 5. The molecule has 2 N–H and O–H groups in total. The molecule has 2 aromatic rings. The molecule has 0 unspecified atom stereocenters. The van der Waals surface area contributed by atoms with Crippen LogP contribution in [0.3, 0.4) is 0 Å². The van der Waals surface area contributed by atoms with E-state index in [0.717, 1.165) is 5.56 Å². The molecule has 0 bridgehead atoms. The molecule has 0 saturated carbocycles. The van der Waals surface area contributed by atoms with Crippen molar-refractivity contribution in [1.29, 1.82) is 0 Å². The quantitative estimate of drug-likeness (QED) is 0.895. The minimum absolute atomic E-state index is 0.259. The third-order valence-electron chi connectivity index (χ3n) is 2.55. The third kappa shape index (κ3) is 3.64. The van der Waals surface area contributed by atoms with E-state index in [1.165, 1.54) is 23.0 Å². The second-order valence-electron chi connectivity index (χ2n) is 4.07. The van der Waals surface area contributed by atoms with Crippen LogP contribution in [-0.4, -0.2) is 22.9 Å². The molecule has 7 heteroatoms. The Labute approximate surface area is 123 Å². The summed E-state index contributed by atoms with van der Waals surface area (Å²) >= 11 is 3.10. The predicted molar refractivity (Wildman–Crippen MR) is 76.2 cm³/mol. The highest BCUT2D eigenvalue weighted by Crippen LogP contribution is 2.17. The fourth-order valence-corrected chi connectivity index (χ4v) is 2.03. The van der Waals surface area contributed by atoms with Crippen molar-refractivity contribution >= 4 is 15.9 Å². The standard InChI is InChI=1S/C13H13BrFN3O2/c14-11-5-9(1-2-12(11)15)8-18-13(19)6-10(7-17-18)20-4-3-16/h1-2,5-7H,3-4,8,16H2. The van der Waals surface area contributed by atoms with E-state index in [-0.39, 0.29) is 17.9 Å². The molecular formula is C13H13BrFN3O2. The van der Waals surface area contributed by atoms with E-state index in [4.69, 9.17) is 10.5 Å². The Hall–Kier alpha value is -1.73. The molecule has 0 saturated heterocycles. The molecule has 0 spiro atoms. The molecule has 1 heterocycles. The smallest absolute Gasteiger partial charge is 0.270 e. The summed E-state index contributed by atoms with van der Waals surface area (Å²) in [6.45, 7) is 0.956. The fraction of sp³-hybridized carbons (Fsp3) is 0.231. The van der Waals surface area contributed by atoms with E-state index in [1.54, 1.807) is 12.1 Å². The molecule has 0 atom stereocenters. The maximum atomic E-state index is 13.1. The molecule has 2 rings (SSSR count). The summed E-state index contributed by atoms with van der Waals surface area (Å²) in [5.41, 5.74) is 5.78. The highest BCUT2D eigenvalue weighted by molar-refractivity contribution is 9.10. The third-order valence-corrected chi connectivity index (χ3v) is 3.16. The van der Waals surface area contributed by atoms with Gasteiger partial charge in [0, 0.05) is 12.6 Å². The van der Waals surface area contributed by atoms with Gasteiger partial charge in [-0.25, -0.2) is 9.07 Å². The molecule has 1 aromatic heterocycles. The Balaban J connectivity index is 2.17. The van der Waals surface area contributed by atoms with Crippen molar-refractivity contribution in [3.63, 3.8) is 0 Å². The van der Waals surface area contributed by atoms with Gasteiger partial charge in [-0.05, 0) is 33.6 Å². The second kappa shape index (κ2) is 6.62. The van der Waals surface area contributed by atoms with Crippen LogP contribution in [0.5, 0.6) is 5.75 Å². The predicted octanol–water partition coefficient (Wildman–Crippen LogP) is 1.53. The molecule has 0 fully saturated rings. The summed E-state index contributed by atoms with van der Waals surface area (Å²) in [5, 5.41) is 4.01. The second-order valence-corrected chi connectivity index (χ2v) is 4.93. The van der Waals surface area contributed by atoms with Gasteiger partial charge in [0.1, 0.15) is 18.2 Å². The van der Waals surface area contributed by atoms with Crippen LogP contribution in [0.4, 0.5) is 4.39 Å². The Kier molecular flexibility index (Phi) is 4.86. The zero-order valence-corrected chi connectivity index (χ0v) is 12.1. The topological polar surface area (TPSA) is 70.1 Å². The lowest BCUT2D eigenvalue weighted by atomic mass is 10.2. The van der Waals surface area contributed by atoms with Crippen LogP contribution in [0.25, 0.3) is 0 Å². The van der Waals surface area contributed by atoms with Gasteiger partial charge in [-0.3, -0.25) is 4.79 Å². The SMILES string of the molecule is NCCOc1cnn(Cc2ccc(F)c(Br)c2)c(=O)c1. The highest BCUT2D eigenvalue weighted by Gasteiger charge is 2.05. The molecule has 0 aliphatic carbocycles. The first-order valence-corrected chi connectivity index (χ1v) is 6.73. The van der Waals surface area contributed by atoms with Crippen LogP contribution in [0.2, 0.25) is 0 Å². The summed E-state index contributed by atoms with van der Waals surface area (Å²) in [6, 6.07) is 5.90. The molecule has 0 amide bonds. The molecule has 0 aliphatic rings. The van der Waals surface area contributed by atoms with Gasteiger partial charge in [0.25, 0.3) is 5.56 Å². The van der Waals surface area contributed by atoms with E-state index in [1.807, 2.05) is 0 Å². The summed E-state index contributed by atoms with van der Waals surface area (Å²) < 4.78 is 20.0.